The SMILES string of the molecule is Cc1cnc(C[C@H](CCOCc2ccccc2)S(=O)(=O)O)nc1. The maximum absolute atomic E-state index is 11.5. The fourth-order valence-corrected chi connectivity index (χ4v) is 2.82. The highest BCUT2D eigenvalue weighted by molar-refractivity contribution is 7.86. The van der Waals surface area contributed by atoms with Crippen LogP contribution in [0.25, 0.3) is 0 Å². The van der Waals surface area contributed by atoms with Crippen molar-refractivity contribution >= 4 is 10.1 Å². The van der Waals surface area contributed by atoms with Crippen molar-refractivity contribution in [2.45, 2.75) is 31.6 Å². The van der Waals surface area contributed by atoms with E-state index in [-0.39, 0.29) is 19.4 Å². The molecule has 7 heteroatoms. The van der Waals surface area contributed by atoms with Crippen LogP contribution in [-0.2, 0) is 27.9 Å². The van der Waals surface area contributed by atoms with Crippen LogP contribution in [0.1, 0.15) is 23.4 Å². The maximum atomic E-state index is 11.5. The summed E-state index contributed by atoms with van der Waals surface area (Å²) in [5.41, 5.74) is 1.90. The molecule has 0 amide bonds. The van der Waals surface area contributed by atoms with Crippen LogP contribution < -0.4 is 0 Å². The van der Waals surface area contributed by atoms with Crippen LogP contribution in [0.4, 0.5) is 0 Å². The average molecular weight is 336 g/mol. The highest BCUT2D eigenvalue weighted by atomic mass is 32.2. The fourth-order valence-electron chi connectivity index (χ4n) is 2.06. The van der Waals surface area contributed by atoms with E-state index in [4.69, 9.17) is 4.74 Å². The van der Waals surface area contributed by atoms with Gasteiger partial charge in [-0.25, -0.2) is 9.97 Å². The summed E-state index contributed by atoms with van der Waals surface area (Å²) in [7, 11) is -4.18. The lowest BCUT2D eigenvalue weighted by Gasteiger charge is -2.13. The molecule has 0 aliphatic heterocycles. The van der Waals surface area contributed by atoms with Crippen molar-refractivity contribution in [3.63, 3.8) is 0 Å². The van der Waals surface area contributed by atoms with E-state index in [0.29, 0.717) is 12.4 Å². The van der Waals surface area contributed by atoms with Gasteiger partial charge in [0, 0.05) is 25.4 Å². The van der Waals surface area contributed by atoms with Gasteiger partial charge in [0.25, 0.3) is 10.1 Å². The Hall–Kier alpha value is -1.83. The second kappa shape index (κ2) is 8.14. The summed E-state index contributed by atoms with van der Waals surface area (Å²) in [4.78, 5) is 8.16. The summed E-state index contributed by atoms with van der Waals surface area (Å²) in [6.45, 7) is 2.48. The van der Waals surface area contributed by atoms with Crippen molar-refractivity contribution in [1.82, 2.24) is 9.97 Å². The van der Waals surface area contributed by atoms with E-state index in [1.54, 1.807) is 12.4 Å². The lowest BCUT2D eigenvalue weighted by Crippen LogP contribution is -2.25. The van der Waals surface area contributed by atoms with Gasteiger partial charge in [0.15, 0.2) is 0 Å². The van der Waals surface area contributed by atoms with E-state index in [2.05, 4.69) is 9.97 Å². The Morgan fingerprint density at radius 1 is 1.17 bits per heavy atom. The lowest BCUT2D eigenvalue weighted by molar-refractivity contribution is 0.117. The number of nitrogens with zero attached hydrogens (tertiary/aromatic N) is 2. The van der Waals surface area contributed by atoms with Crippen LogP contribution in [0.2, 0.25) is 0 Å². The molecule has 1 atom stereocenters. The average Bonchev–Trinajstić information content (AvgIpc) is 2.52. The molecule has 0 spiro atoms. The molecular formula is C16H20N2O4S. The molecule has 6 nitrogen and oxygen atoms in total. The number of aryl methyl sites for hydroxylation is 1. The Kier molecular flexibility index (Phi) is 6.20. The molecule has 23 heavy (non-hydrogen) atoms. The standard InChI is InChI=1S/C16H20N2O4S/c1-13-10-17-16(18-11-13)9-15(23(19,20)21)7-8-22-12-14-5-3-2-4-6-14/h2-6,10-11,15H,7-9,12H2,1H3,(H,19,20,21)/t15-/m0/s1. The first-order chi connectivity index (χ1) is 10.9. The first-order valence-electron chi connectivity index (χ1n) is 7.30. The van der Waals surface area contributed by atoms with Crippen molar-refractivity contribution in [3.05, 3.63) is 59.7 Å². The molecule has 2 aromatic rings. The summed E-state index contributed by atoms with van der Waals surface area (Å²) in [5, 5.41) is -0.971. The molecule has 1 N–H and O–H groups in total. The number of aromatic nitrogens is 2. The monoisotopic (exact) mass is 336 g/mol. The Labute approximate surface area is 136 Å². The number of hydrogen-bond donors (Lipinski definition) is 1. The van der Waals surface area contributed by atoms with Gasteiger partial charge in [-0.1, -0.05) is 30.3 Å². The van der Waals surface area contributed by atoms with Crippen LogP contribution in [0.3, 0.4) is 0 Å². The van der Waals surface area contributed by atoms with Gasteiger partial charge in [0.1, 0.15) is 5.82 Å². The normalized spacial score (nSPS) is 13.0. The maximum Gasteiger partial charge on any atom is 0.268 e. The first kappa shape index (κ1) is 17.5. The smallest absolute Gasteiger partial charge is 0.268 e. The molecule has 124 valence electrons. The molecule has 0 aliphatic rings. The van der Waals surface area contributed by atoms with Crippen molar-refractivity contribution in [2.24, 2.45) is 0 Å². The van der Waals surface area contributed by atoms with E-state index in [0.717, 1.165) is 11.1 Å². The summed E-state index contributed by atoms with van der Waals surface area (Å²) < 4.78 is 37.9. The molecule has 0 aliphatic carbocycles. The molecule has 0 saturated heterocycles. The first-order valence-corrected chi connectivity index (χ1v) is 8.81. The van der Waals surface area contributed by atoms with Crippen molar-refractivity contribution in [1.29, 1.82) is 0 Å². The van der Waals surface area contributed by atoms with Gasteiger partial charge in [-0.2, -0.15) is 8.42 Å². The molecule has 0 bridgehead atoms. The van der Waals surface area contributed by atoms with Crippen LogP contribution in [0, 0.1) is 6.92 Å². The Balaban J connectivity index is 1.88. The zero-order chi connectivity index (χ0) is 16.7. The Bertz CT molecular complexity index is 703. The molecule has 1 heterocycles. The van der Waals surface area contributed by atoms with E-state index in [1.807, 2.05) is 37.3 Å². The van der Waals surface area contributed by atoms with Crippen molar-refractivity contribution in [3.8, 4) is 0 Å². The summed E-state index contributed by atoms with van der Waals surface area (Å²) in [5.74, 6) is 0.390. The topological polar surface area (TPSA) is 89.4 Å². The number of ether oxygens (including phenoxy) is 1. The van der Waals surface area contributed by atoms with Gasteiger partial charge < -0.3 is 4.74 Å². The van der Waals surface area contributed by atoms with Gasteiger partial charge in [-0.05, 0) is 24.5 Å². The third-order valence-corrected chi connectivity index (χ3v) is 4.61. The molecule has 0 radical (unpaired) electrons. The highest BCUT2D eigenvalue weighted by Gasteiger charge is 2.24. The van der Waals surface area contributed by atoms with Crippen molar-refractivity contribution in [2.75, 3.05) is 6.61 Å². The Morgan fingerprint density at radius 2 is 1.83 bits per heavy atom. The van der Waals surface area contributed by atoms with Gasteiger partial charge in [-0.3, -0.25) is 4.55 Å². The molecule has 0 fully saturated rings. The molecule has 1 aromatic carbocycles. The van der Waals surface area contributed by atoms with Gasteiger partial charge in [-0.15, -0.1) is 0 Å². The number of hydrogen-bond acceptors (Lipinski definition) is 5. The summed E-state index contributed by atoms with van der Waals surface area (Å²) in [6, 6.07) is 9.60. The van der Waals surface area contributed by atoms with E-state index in [9.17, 15) is 13.0 Å². The van der Waals surface area contributed by atoms with Crippen LogP contribution >= 0.6 is 0 Å². The molecule has 0 saturated carbocycles. The number of rotatable bonds is 8. The molecule has 0 unspecified atom stereocenters. The minimum absolute atomic E-state index is 0.0633. The molecule has 2 rings (SSSR count). The second-order valence-corrected chi connectivity index (χ2v) is 7.04. The highest BCUT2D eigenvalue weighted by Crippen LogP contribution is 2.11. The third kappa shape index (κ3) is 6.05. The van der Waals surface area contributed by atoms with E-state index >= 15 is 0 Å². The number of benzene rings is 1. The minimum Gasteiger partial charge on any atom is -0.377 e. The van der Waals surface area contributed by atoms with E-state index < -0.39 is 15.4 Å². The lowest BCUT2D eigenvalue weighted by atomic mass is 10.2. The van der Waals surface area contributed by atoms with Crippen LogP contribution in [0.5, 0.6) is 0 Å². The van der Waals surface area contributed by atoms with Crippen LogP contribution in [0.15, 0.2) is 42.7 Å². The van der Waals surface area contributed by atoms with E-state index in [1.165, 1.54) is 0 Å². The van der Waals surface area contributed by atoms with Gasteiger partial charge >= 0.3 is 0 Å². The zero-order valence-electron chi connectivity index (χ0n) is 12.9. The summed E-state index contributed by atoms with van der Waals surface area (Å²) in [6.07, 6.45) is 3.49. The minimum atomic E-state index is -4.18. The second-order valence-electron chi connectivity index (χ2n) is 5.34. The largest absolute Gasteiger partial charge is 0.377 e. The molecule has 1 aromatic heterocycles. The Morgan fingerprint density at radius 3 is 2.43 bits per heavy atom. The molecular weight excluding hydrogens is 316 g/mol. The zero-order valence-corrected chi connectivity index (χ0v) is 13.7. The van der Waals surface area contributed by atoms with Gasteiger partial charge in [0.05, 0.1) is 11.9 Å². The fraction of sp³-hybridized carbons (Fsp3) is 0.375. The summed E-state index contributed by atoms with van der Waals surface area (Å²) >= 11 is 0. The van der Waals surface area contributed by atoms with Crippen LogP contribution in [-0.4, -0.2) is 34.8 Å². The quantitative estimate of drug-likeness (QED) is 0.587. The third-order valence-electron chi connectivity index (χ3n) is 3.36. The van der Waals surface area contributed by atoms with Gasteiger partial charge in [0.2, 0.25) is 0 Å². The van der Waals surface area contributed by atoms with Crippen molar-refractivity contribution < 1.29 is 17.7 Å². The predicted octanol–water partition coefficient (Wildman–Crippen LogP) is 2.19. The predicted molar refractivity (Wildman–Crippen MR) is 86.5 cm³/mol.